The van der Waals surface area contributed by atoms with Gasteiger partial charge in [0.05, 0.1) is 0 Å². The lowest BCUT2D eigenvalue weighted by molar-refractivity contribution is 0.207. The van der Waals surface area contributed by atoms with Crippen LogP contribution in [0.25, 0.3) is 0 Å². The first kappa shape index (κ1) is 10.7. The number of rotatable bonds is 6. The van der Waals surface area contributed by atoms with Crippen molar-refractivity contribution in [2.24, 2.45) is 5.41 Å². The van der Waals surface area contributed by atoms with Gasteiger partial charge in [0.2, 0.25) is 0 Å². The summed E-state index contributed by atoms with van der Waals surface area (Å²) in [7, 11) is 0. The van der Waals surface area contributed by atoms with Gasteiger partial charge in [0.25, 0.3) is 0 Å². The van der Waals surface area contributed by atoms with Crippen LogP contribution < -0.4 is 5.32 Å². The second-order valence-corrected chi connectivity index (χ2v) is 4.61. The largest absolute Gasteiger partial charge is 0.396 e. The molecule has 1 fully saturated rings. The summed E-state index contributed by atoms with van der Waals surface area (Å²) in [5.74, 6) is 0. The molecule has 3 heteroatoms. The summed E-state index contributed by atoms with van der Waals surface area (Å²) in [4.78, 5) is 0. The quantitative estimate of drug-likeness (QED) is 0.741. The smallest absolute Gasteiger partial charge is 0.0499 e. The third kappa shape index (κ3) is 2.61. The average molecular weight is 208 g/mol. The lowest BCUT2D eigenvalue weighted by Gasteiger charge is -2.11. The highest BCUT2D eigenvalue weighted by Gasteiger charge is 2.41. The van der Waals surface area contributed by atoms with E-state index in [1.54, 1.807) is 0 Å². The Morgan fingerprint density at radius 2 is 2.33 bits per heavy atom. The summed E-state index contributed by atoms with van der Waals surface area (Å²) in [5, 5.41) is 12.6. The number of aromatic nitrogens is 1. The molecule has 84 valence electrons. The lowest BCUT2D eigenvalue weighted by Crippen LogP contribution is -2.25. The van der Waals surface area contributed by atoms with E-state index in [0.717, 1.165) is 19.6 Å². The molecule has 0 unspecified atom stereocenters. The molecule has 3 nitrogen and oxygen atoms in total. The number of hydrogen-bond acceptors (Lipinski definition) is 2. The molecule has 0 amide bonds. The van der Waals surface area contributed by atoms with Gasteiger partial charge in [-0.2, -0.15) is 0 Å². The van der Waals surface area contributed by atoms with E-state index in [1.165, 1.54) is 18.4 Å². The standard InChI is InChI=1S/C12H20N2O/c1-2-14-6-3-11(8-14)7-13-9-12(10-15)4-5-12/h3,6,8,13,15H,2,4-5,7,9-10H2,1H3. The van der Waals surface area contributed by atoms with Crippen molar-refractivity contribution in [2.75, 3.05) is 13.2 Å². The summed E-state index contributed by atoms with van der Waals surface area (Å²) < 4.78 is 2.18. The first-order valence-electron chi connectivity index (χ1n) is 5.74. The van der Waals surface area contributed by atoms with E-state index in [-0.39, 0.29) is 5.41 Å². The SMILES string of the molecule is CCn1ccc(CNCC2(CO)CC2)c1. The lowest BCUT2D eigenvalue weighted by atomic mass is 10.1. The van der Waals surface area contributed by atoms with Crippen molar-refractivity contribution in [3.8, 4) is 0 Å². The maximum atomic E-state index is 9.15. The molecular weight excluding hydrogens is 188 g/mol. The van der Waals surface area contributed by atoms with Crippen LogP contribution in [-0.4, -0.2) is 22.8 Å². The van der Waals surface area contributed by atoms with Crippen LogP contribution in [0, 0.1) is 5.41 Å². The summed E-state index contributed by atoms with van der Waals surface area (Å²) in [6.45, 7) is 5.36. The van der Waals surface area contributed by atoms with Crippen LogP contribution in [0.5, 0.6) is 0 Å². The number of aliphatic hydroxyl groups excluding tert-OH is 1. The topological polar surface area (TPSA) is 37.2 Å². The molecule has 1 saturated carbocycles. The van der Waals surface area contributed by atoms with E-state index >= 15 is 0 Å². The molecule has 1 aliphatic rings. The van der Waals surface area contributed by atoms with E-state index in [0.29, 0.717) is 6.61 Å². The monoisotopic (exact) mass is 208 g/mol. The molecule has 1 heterocycles. The fourth-order valence-corrected chi connectivity index (χ4v) is 1.83. The Morgan fingerprint density at radius 3 is 2.87 bits per heavy atom. The number of aryl methyl sites for hydroxylation is 1. The van der Waals surface area contributed by atoms with E-state index in [2.05, 4.69) is 35.3 Å². The van der Waals surface area contributed by atoms with E-state index in [4.69, 9.17) is 5.11 Å². The van der Waals surface area contributed by atoms with Gasteiger partial charge in [-0.3, -0.25) is 0 Å². The molecular formula is C12H20N2O. The first-order chi connectivity index (χ1) is 7.28. The van der Waals surface area contributed by atoms with Gasteiger partial charge >= 0.3 is 0 Å². The van der Waals surface area contributed by atoms with Gasteiger partial charge in [0.15, 0.2) is 0 Å². The molecule has 0 aliphatic heterocycles. The normalized spacial score (nSPS) is 18.0. The summed E-state index contributed by atoms with van der Waals surface area (Å²) >= 11 is 0. The Morgan fingerprint density at radius 1 is 1.53 bits per heavy atom. The van der Waals surface area contributed by atoms with Gasteiger partial charge in [-0.1, -0.05) is 0 Å². The zero-order chi connectivity index (χ0) is 10.7. The number of hydrogen-bond donors (Lipinski definition) is 2. The van der Waals surface area contributed by atoms with Crippen LogP contribution >= 0.6 is 0 Å². The van der Waals surface area contributed by atoms with Gasteiger partial charge in [-0.15, -0.1) is 0 Å². The third-order valence-electron chi connectivity index (χ3n) is 3.30. The highest BCUT2D eigenvalue weighted by molar-refractivity contribution is 5.10. The number of aliphatic hydroxyl groups is 1. The predicted molar refractivity (Wildman–Crippen MR) is 60.6 cm³/mol. The zero-order valence-electron chi connectivity index (χ0n) is 9.37. The predicted octanol–water partition coefficient (Wildman–Crippen LogP) is 1.37. The summed E-state index contributed by atoms with van der Waals surface area (Å²) in [6, 6.07) is 2.15. The zero-order valence-corrected chi connectivity index (χ0v) is 9.37. The molecule has 0 saturated heterocycles. The van der Waals surface area contributed by atoms with Gasteiger partial charge in [-0.05, 0) is 31.4 Å². The minimum Gasteiger partial charge on any atom is -0.396 e. The van der Waals surface area contributed by atoms with Crippen molar-refractivity contribution in [3.63, 3.8) is 0 Å². The van der Waals surface area contributed by atoms with Crippen molar-refractivity contribution >= 4 is 0 Å². The Kier molecular flexibility index (Phi) is 3.12. The second kappa shape index (κ2) is 4.37. The Bertz CT molecular complexity index is 315. The Hall–Kier alpha value is -0.800. The highest BCUT2D eigenvalue weighted by Crippen LogP contribution is 2.44. The van der Waals surface area contributed by atoms with Crippen LogP contribution in [0.3, 0.4) is 0 Å². The Balaban J connectivity index is 1.73. The average Bonchev–Trinajstić information content (AvgIpc) is 2.89. The minimum absolute atomic E-state index is 0.216. The minimum atomic E-state index is 0.216. The van der Waals surface area contributed by atoms with Crippen LogP contribution in [0.2, 0.25) is 0 Å². The molecule has 1 aromatic rings. The maximum absolute atomic E-state index is 9.15. The summed E-state index contributed by atoms with van der Waals surface area (Å²) in [6.07, 6.45) is 6.63. The molecule has 0 aromatic carbocycles. The third-order valence-corrected chi connectivity index (χ3v) is 3.30. The fraction of sp³-hybridized carbons (Fsp3) is 0.667. The van der Waals surface area contributed by atoms with Crippen LogP contribution in [-0.2, 0) is 13.1 Å². The molecule has 15 heavy (non-hydrogen) atoms. The van der Waals surface area contributed by atoms with Crippen molar-refractivity contribution in [1.29, 1.82) is 0 Å². The van der Waals surface area contributed by atoms with Crippen LogP contribution in [0.4, 0.5) is 0 Å². The molecule has 2 N–H and O–H groups in total. The molecule has 0 bridgehead atoms. The number of nitrogens with one attached hydrogen (secondary N) is 1. The number of nitrogens with zero attached hydrogens (tertiary/aromatic N) is 1. The molecule has 0 atom stereocenters. The van der Waals surface area contributed by atoms with E-state index in [9.17, 15) is 0 Å². The molecule has 0 spiro atoms. The van der Waals surface area contributed by atoms with Crippen molar-refractivity contribution in [3.05, 3.63) is 24.0 Å². The summed E-state index contributed by atoms with van der Waals surface area (Å²) in [5.41, 5.74) is 1.54. The van der Waals surface area contributed by atoms with Crippen LogP contribution in [0.1, 0.15) is 25.3 Å². The van der Waals surface area contributed by atoms with Crippen molar-refractivity contribution < 1.29 is 5.11 Å². The molecule has 1 aromatic heterocycles. The van der Waals surface area contributed by atoms with Gasteiger partial charge in [0.1, 0.15) is 0 Å². The molecule has 0 radical (unpaired) electrons. The molecule has 2 rings (SSSR count). The highest BCUT2D eigenvalue weighted by atomic mass is 16.3. The Labute approximate surface area is 91.1 Å². The fourth-order valence-electron chi connectivity index (χ4n) is 1.83. The van der Waals surface area contributed by atoms with Crippen molar-refractivity contribution in [2.45, 2.75) is 32.9 Å². The van der Waals surface area contributed by atoms with Gasteiger partial charge in [-0.25, -0.2) is 0 Å². The van der Waals surface area contributed by atoms with Gasteiger partial charge < -0.3 is 15.0 Å². The van der Waals surface area contributed by atoms with E-state index < -0.39 is 0 Å². The van der Waals surface area contributed by atoms with Crippen LogP contribution in [0.15, 0.2) is 18.5 Å². The first-order valence-corrected chi connectivity index (χ1v) is 5.74. The van der Waals surface area contributed by atoms with Gasteiger partial charge in [0, 0.05) is 44.0 Å². The second-order valence-electron chi connectivity index (χ2n) is 4.61. The van der Waals surface area contributed by atoms with Crippen molar-refractivity contribution in [1.82, 2.24) is 9.88 Å². The maximum Gasteiger partial charge on any atom is 0.0499 e. The molecule has 1 aliphatic carbocycles. The van der Waals surface area contributed by atoms with E-state index in [1.807, 2.05) is 0 Å².